The van der Waals surface area contributed by atoms with Crippen LogP contribution in [0, 0.1) is 46.3 Å². The van der Waals surface area contributed by atoms with E-state index in [1.165, 1.54) is 51.4 Å². The van der Waals surface area contributed by atoms with E-state index >= 15 is 0 Å². The summed E-state index contributed by atoms with van der Waals surface area (Å²) >= 11 is 0. The van der Waals surface area contributed by atoms with Crippen LogP contribution in [0.4, 0.5) is 0 Å². The Balaban J connectivity index is 1.49. The van der Waals surface area contributed by atoms with Crippen molar-refractivity contribution in [1.82, 2.24) is 0 Å². The summed E-state index contributed by atoms with van der Waals surface area (Å²) in [5, 5.41) is 12.1. The Bertz CT molecular complexity index is 591. The number of allylic oxidation sites excluding steroid dienone is 1. The van der Waals surface area contributed by atoms with E-state index in [4.69, 9.17) is 0 Å². The Hall–Kier alpha value is -0.300. The second kappa shape index (κ2) is 7.75. The van der Waals surface area contributed by atoms with Crippen molar-refractivity contribution in [3.63, 3.8) is 0 Å². The predicted molar refractivity (Wildman–Crippen MR) is 118 cm³/mol. The van der Waals surface area contributed by atoms with Gasteiger partial charge in [-0.05, 0) is 97.7 Å². The number of fused-ring (bicyclic) bond motifs is 5. The minimum absolute atomic E-state index is 0.327. The third-order valence-corrected chi connectivity index (χ3v) is 10.3. The Morgan fingerprint density at radius 2 is 1.79 bits per heavy atom. The Labute approximate surface area is 174 Å². The summed E-state index contributed by atoms with van der Waals surface area (Å²) < 4.78 is 0. The third kappa shape index (κ3) is 3.42. The molecule has 0 aliphatic heterocycles. The van der Waals surface area contributed by atoms with Gasteiger partial charge in [0.15, 0.2) is 0 Å². The Morgan fingerprint density at radius 3 is 2.54 bits per heavy atom. The van der Waals surface area contributed by atoms with Crippen LogP contribution in [-0.4, -0.2) is 6.10 Å². The third-order valence-electron chi connectivity index (χ3n) is 10.3. The van der Waals surface area contributed by atoms with Gasteiger partial charge in [0.05, 0.1) is 6.10 Å². The maximum absolute atomic E-state index is 12.1. The molecule has 4 aliphatic rings. The Morgan fingerprint density at radius 1 is 1.00 bits per heavy atom. The monoisotopic (exact) mass is 385 g/mol. The second-order valence-corrected chi connectivity index (χ2v) is 12.2. The van der Waals surface area contributed by atoms with Crippen molar-refractivity contribution in [2.24, 2.45) is 46.3 Å². The van der Waals surface area contributed by atoms with Crippen LogP contribution in [0.15, 0.2) is 11.6 Å². The standard InChI is InChI=1S/C27H45O/c1-18(2)7-6-8-19(3)23-11-12-24-22-10-9-20-17-21(28)13-15-26(20,4)25(22)14-16-27(23,24)5/h9,18-19,21-25H,6-8,10-17H2,1-5H3/t19-,21-,22?,23-,24?,25?,26+,27-/m1/s1. The lowest BCUT2D eigenvalue weighted by atomic mass is 9.47. The van der Waals surface area contributed by atoms with E-state index in [0.29, 0.717) is 10.8 Å². The molecule has 4 aliphatic carbocycles. The molecule has 1 radical (unpaired) electrons. The molecule has 3 fully saturated rings. The molecule has 0 amide bonds. The number of hydrogen-bond acceptors (Lipinski definition) is 0. The van der Waals surface area contributed by atoms with E-state index < -0.39 is 0 Å². The highest BCUT2D eigenvalue weighted by Gasteiger charge is 2.59. The molecule has 0 heterocycles. The van der Waals surface area contributed by atoms with Crippen molar-refractivity contribution >= 4 is 0 Å². The molecule has 0 aromatic heterocycles. The van der Waals surface area contributed by atoms with Crippen molar-refractivity contribution in [3.8, 4) is 0 Å². The molecule has 28 heavy (non-hydrogen) atoms. The van der Waals surface area contributed by atoms with E-state index in [1.54, 1.807) is 5.57 Å². The van der Waals surface area contributed by atoms with Crippen molar-refractivity contribution in [3.05, 3.63) is 11.6 Å². The average molecular weight is 386 g/mol. The fraction of sp³-hybridized carbons (Fsp3) is 0.926. The summed E-state index contributed by atoms with van der Waals surface area (Å²) in [5.41, 5.74) is 2.49. The van der Waals surface area contributed by atoms with Gasteiger partial charge < -0.3 is 0 Å². The van der Waals surface area contributed by atoms with Gasteiger partial charge in [-0.25, -0.2) is 5.11 Å². The molecule has 0 aromatic carbocycles. The van der Waals surface area contributed by atoms with Gasteiger partial charge in [0.1, 0.15) is 0 Å². The zero-order valence-electron chi connectivity index (χ0n) is 19.3. The summed E-state index contributed by atoms with van der Waals surface area (Å²) in [6, 6.07) is 0. The van der Waals surface area contributed by atoms with Crippen molar-refractivity contribution in [2.45, 2.75) is 111 Å². The molecule has 1 heteroatoms. The first-order valence-electron chi connectivity index (χ1n) is 12.6. The molecular weight excluding hydrogens is 340 g/mol. The van der Waals surface area contributed by atoms with Crippen molar-refractivity contribution in [1.29, 1.82) is 0 Å². The summed E-state index contributed by atoms with van der Waals surface area (Å²) in [5.74, 6) is 5.37. The maximum atomic E-state index is 12.1. The molecule has 4 rings (SSSR count). The zero-order valence-corrected chi connectivity index (χ0v) is 19.3. The highest BCUT2D eigenvalue weighted by molar-refractivity contribution is 5.25. The van der Waals surface area contributed by atoms with E-state index in [2.05, 4.69) is 40.7 Å². The molecule has 0 N–H and O–H groups in total. The van der Waals surface area contributed by atoms with Gasteiger partial charge >= 0.3 is 0 Å². The van der Waals surface area contributed by atoms with Crippen LogP contribution < -0.4 is 0 Å². The summed E-state index contributed by atoms with van der Waals surface area (Å²) in [7, 11) is 0. The fourth-order valence-electron chi connectivity index (χ4n) is 8.65. The van der Waals surface area contributed by atoms with E-state index in [1.807, 2.05) is 0 Å². The van der Waals surface area contributed by atoms with Gasteiger partial charge in [0.25, 0.3) is 0 Å². The molecule has 0 bridgehead atoms. The maximum Gasteiger partial charge on any atom is 0.0967 e. The molecule has 1 nitrogen and oxygen atoms in total. The quantitative estimate of drug-likeness (QED) is 0.430. The minimum atomic E-state index is -0.327. The van der Waals surface area contributed by atoms with Crippen molar-refractivity contribution in [2.75, 3.05) is 0 Å². The normalized spacial score (nSPS) is 46.5. The lowest BCUT2D eigenvalue weighted by Gasteiger charge is -2.58. The van der Waals surface area contributed by atoms with Gasteiger partial charge in [0.2, 0.25) is 0 Å². The average Bonchev–Trinajstić information content (AvgIpc) is 2.99. The molecule has 0 spiro atoms. The van der Waals surface area contributed by atoms with Gasteiger partial charge in [-0.2, -0.15) is 0 Å². The van der Waals surface area contributed by atoms with Crippen molar-refractivity contribution < 1.29 is 5.11 Å². The largest absolute Gasteiger partial charge is 0.233 e. The van der Waals surface area contributed by atoms with Crippen LogP contribution >= 0.6 is 0 Å². The van der Waals surface area contributed by atoms with Gasteiger partial charge in [-0.1, -0.05) is 65.5 Å². The lowest BCUT2D eigenvalue weighted by molar-refractivity contribution is -0.0623. The fourth-order valence-corrected chi connectivity index (χ4v) is 8.65. The van der Waals surface area contributed by atoms with Crippen LogP contribution in [0.1, 0.15) is 105 Å². The Kier molecular flexibility index (Phi) is 5.80. The zero-order chi connectivity index (χ0) is 20.1. The minimum Gasteiger partial charge on any atom is -0.233 e. The smallest absolute Gasteiger partial charge is 0.0967 e. The first-order chi connectivity index (χ1) is 13.3. The molecule has 0 saturated heterocycles. The SMILES string of the molecule is CC(C)CCC[C@@H](C)[C@H]1CCC2C3CC=C4C[C@H]([O])CC[C@]4(C)C3CC[C@@]21C. The van der Waals surface area contributed by atoms with Gasteiger partial charge in [-0.15, -0.1) is 0 Å². The van der Waals surface area contributed by atoms with E-state index in [9.17, 15) is 5.11 Å². The molecule has 0 aromatic rings. The van der Waals surface area contributed by atoms with Gasteiger partial charge in [-0.3, -0.25) is 0 Å². The second-order valence-electron chi connectivity index (χ2n) is 12.2. The number of rotatable bonds is 5. The van der Waals surface area contributed by atoms with Crippen LogP contribution in [-0.2, 0) is 5.11 Å². The summed E-state index contributed by atoms with van der Waals surface area (Å²) in [4.78, 5) is 0. The molecule has 3 saturated carbocycles. The predicted octanol–water partition coefficient (Wildman–Crippen LogP) is 7.83. The van der Waals surface area contributed by atoms with Crippen LogP contribution in [0.2, 0.25) is 0 Å². The first kappa shape index (κ1) is 21.0. The molecule has 3 unspecified atom stereocenters. The number of hydrogen-bond donors (Lipinski definition) is 0. The highest BCUT2D eigenvalue weighted by atomic mass is 16.3. The van der Waals surface area contributed by atoms with Crippen LogP contribution in [0.25, 0.3) is 0 Å². The molecule has 159 valence electrons. The molecular formula is C27H45O. The lowest BCUT2D eigenvalue weighted by Crippen LogP contribution is -2.50. The van der Waals surface area contributed by atoms with Crippen LogP contribution in [0.3, 0.4) is 0 Å². The topological polar surface area (TPSA) is 19.9 Å². The van der Waals surface area contributed by atoms with Gasteiger partial charge in [0, 0.05) is 0 Å². The summed E-state index contributed by atoms with van der Waals surface area (Å²) in [6.45, 7) is 12.5. The highest BCUT2D eigenvalue weighted by Crippen LogP contribution is 2.67. The van der Waals surface area contributed by atoms with Crippen LogP contribution in [0.5, 0.6) is 0 Å². The summed E-state index contributed by atoms with van der Waals surface area (Å²) in [6.07, 6.45) is 16.5. The van der Waals surface area contributed by atoms with E-state index in [-0.39, 0.29) is 6.10 Å². The molecule has 8 atom stereocenters. The first-order valence-corrected chi connectivity index (χ1v) is 12.6. The van der Waals surface area contributed by atoms with E-state index in [0.717, 1.165) is 54.8 Å².